The molecule has 0 saturated heterocycles. The Kier molecular flexibility index (Phi) is 2.48. The van der Waals surface area contributed by atoms with Crippen molar-refractivity contribution in [3.05, 3.63) is 41.4 Å². The summed E-state index contributed by atoms with van der Waals surface area (Å²) < 4.78 is 1.94. The van der Waals surface area contributed by atoms with E-state index in [2.05, 4.69) is 4.98 Å². The molecule has 0 atom stereocenters. The van der Waals surface area contributed by atoms with Crippen LogP contribution < -0.4 is 0 Å². The summed E-state index contributed by atoms with van der Waals surface area (Å²) in [6.45, 7) is 3.83. The molecule has 0 spiro atoms. The first-order valence-electron chi connectivity index (χ1n) is 4.95. The zero-order valence-corrected chi connectivity index (χ0v) is 9.14. The van der Waals surface area contributed by atoms with Crippen molar-refractivity contribution in [3.8, 4) is 0 Å². The number of aryl methyl sites for hydroxylation is 2. The van der Waals surface area contributed by atoms with E-state index in [1.165, 1.54) is 0 Å². The highest BCUT2D eigenvalue weighted by atomic mass is 16.4. The van der Waals surface area contributed by atoms with Crippen molar-refractivity contribution in [1.29, 1.82) is 0 Å². The minimum atomic E-state index is -0.956. The fourth-order valence-corrected chi connectivity index (χ4v) is 1.74. The molecule has 2 rings (SSSR count). The highest BCUT2D eigenvalue weighted by molar-refractivity contribution is 5.85. The van der Waals surface area contributed by atoms with Crippen LogP contribution in [0.1, 0.15) is 17.1 Å². The van der Waals surface area contributed by atoms with E-state index in [0.29, 0.717) is 0 Å². The summed E-state index contributed by atoms with van der Waals surface area (Å²) in [6, 6.07) is 5.80. The number of hydrogen-bond acceptors (Lipinski definition) is 2. The number of fused-ring (bicyclic) bond motifs is 1. The van der Waals surface area contributed by atoms with Crippen LogP contribution in [0.25, 0.3) is 11.7 Å². The molecule has 2 aromatic heterocycles. The molecule has 0 aliphatic rings. The quantitative estimate of drug-likeness (QED) is 0.781. The molecule has 0 radical (unpaired) electrons. The standard InChI is InChI=1S/C12H12N2O2/c1-8-4-3-5-11-13-9(2)10(14(8)11)6-7-12(15)16/h3-7H,1-2H3,(H,15,16)/b7-6+. The van der Waals surface area contributed by atoms with Crippen molar-refractivity contribution in [2.24, 2.45) is 0 Å². The number of pyridine rings is 1. The van der Waals surface area contributed by atoms with E-state index in [4.69, 9.17) is 5.11 Å². The normalized spacial score (nSPS) is 11.4. The van der Waals surface area contributed by atoms with Crippen molar-refractivity contribution in [2.45, 2.75) is 13.8 Å². The minimum Gasteiger partial charge on any atom is -0.478 e. The molecule has 1 N–H and O–H groups in total. The van der Waals surface area contributed by atoms with Gasteiger partial charge in [0.15, 0.2) is 0 Å². The first-order valence-corrected chi connectivity index (χ1v) is 4.95. The maximum absolute atomic E-state index is 10.5. The molecule has 2 heterocycles. The van der Waals surface area contributed by atoms with Crippen molar-refractivity contribution in [2.75, 3.05) is 0 Å². The third kappa shape index (κ3) is 1.69. The molecular weight excluding hydrogens is 204 g/mol. The summed E-state index contributed by atoms with van der Waals surface area (Å²) in [6.07, 6.45) is 2.70. The Labute approximate surface area is 92.9 Å². The fourth-order valence-electron chi connectivity index (χ4n) is 1.74. The summed E-state index contributed by atoms with van der Waals surface area (Å²) >= 11 is 0. The average molecular weight is 216 g/mol. The van der Waals surface area contributed by atoms with Crippen LogP contribution in [0.3, 0.4) is 0 Å². The number of carbonyl (C=O) groups is 1. The summed E-state index contributed by atoms with van der Waals surface area (Å²) in [4.78, 5) is 14.9. The molecule has 0 aromatic carbocycles. The molecule has 0 aliphatic heterocycles. The van der Waals surface area contributed by atoms with Crippen molar-refractivity contribution in [3.63, 3.8) is 0 Å². The Morgan fingerprint density at radius 3 is 2.88 bits per heavy atom. The van der Waals surface area contributed by atoms with Crippen molar-refractivity contribution < 1.29 is 9.90 Å². The van der Waals surface area contributed by atoms with Gasteiger partial charge < -0.3 is 5.11 Å². The predicted molar refractivity (Wildman–Crippen MR) is 61.3 cm³/mol. The molecule has 4 heteroatoms. The van der Waals surface area contributed by atoms with Gasteiger partial charge in [-0.2, -0.15) is 0 Å². The Morgan fingerprint density at radius 1 is 1.44 bits per heavy atom. The number of aromatic nitrogens is 2. The predicted octanol–water partition coefficient (Wildman–Crippen LogP) is 2.05. The summed E-state index contributed by atoms with van der Waals surface area (Å²) in [5, 5.41) is 8.63. The molecule has 2 aromatic rings. The molecule has 0 amide bonds. The Morgan fingerprint density at radius 2 is 2.19 bits per heavy atom. The van der Waals surface area contributed by atoms with Gasteiger partial charge in [0.1, 0.15) is 5.65 Å². The highest BCUT2D eigenvalue weighted by Gasteiger charge is 2.07. The molecule has 16 heavy (non-hydrogen) atoms. The summed E-state index contributed by atoms with van der Waals surface area (Å²) in [7, 11) is 0. The van der Waals surface area contributed by atoms with E-state index < -0.39 is 5.97 Å². The number of carboxylic acids is 1. The van der Waals surface area contributed by atoms with E-state index >= 15 is 0 Å². The van der Waals surface area contributed by atoms with Crippen LogP contribution in [0.4, 0.5) is 0 Å². The lowest BCUT2D eigenvalue weighted by atomic mass is 10.3. The zero-order chi connectivity index (χ0) is 11.7. The zero-order valence-electron chi connectivity index (χ0n) is 9.14. The first kappa shape index (κ1) is 10.4. The molecule has 82 valence electrons. The Bertz CT molecular complexity index is 582. The van der Waals surface area contributed by atoms with Gasteiger partial charge in [0.05, 0.1) is 11.4 Å². The van der Waals surface area contributed by atoms with Gasteiger partial charge in [0.2, 0.25) is 0 Å². The maximum Gasteiger partial charge on any atom is 0.328 e. The number of hydrogen-bond donors (Lipinski definition) is 1. The second-order valence-electron chi connectivity index (χ2n) is 3.61. The Balaban J connectivity index is 2.68. The smallest absolute Gasteiger partial charge is 0.328 e. The maximum atomic E-state index is 10.5. The monoisotopic (exact) mass is 216 g/mol. The Hall–Kier alpha value is -2.10. The van der Waals surface area contributed by atoms with Gasteiger partial charge >= 0.3 is 5.97 Å². The van der Waals surface area contributed by atoms with E-state index in [0.717, 1.165) is 28.8 Å². The van der Waals surface area contributed by atoms with Crippen LogP contribution >= 0.6 is 0 Å². The van der Waals surface area contributed by atoms with Crippen LogP contribution in [0.15, 0.2) is 24.3 Å². The van der Waals surface area contributed by atoms with Crippen molar-refractivity contribution >= 4 is 17.7 Å². The van der Waals surface area contributed by atoms with Crippen molar-refractivity contribution in [1.82, 2.24) is 9.38 Å². The lowest BCUT2D eigenvalue weighted by Gasteiger charge is -2.01. The molecule has 0 aliphatic carbocycles. The van der Waals surface area contributed by atoms with E-state index in [9.17, 15) is 4.79 Å². The third-order valence-electron chi connectivity index (χ3n) is 2.44. The number of nitrogens with zero attached hydrogens (tertiary/aromatic N) is 2. The van der Waals surface area contributed by atoms with Gasteiger partial charge in [-0.15, -0.1) is 0 Å². The second-order valence-corrected chi connectivity index (χ2v) is 3.61. The molecule has 4 nitrogen and oxygen atoms in total. The van der Waals surface area contributed by atoms with Gasteiger partial charge in [0, 0.05) is 11.8 Å². The van der Waals surface area contributed by atoms with E-state index in [1.54, 1.807) is 6.08 Å². The van der Waals surface area contributed by atoms with Crippen LogP contribution in [0.2, 0.25) is 0 Å². The number of carboxylic acid groups (broad SMARTS) is 1. The third-order valence-corrected chi connectivity index (χ3v) is 2.44. The number of imidazole rings is 1. The van der Waals surface area contributed by atoms with Crippen LogP contribution in [0.5, 0.6) is 0 Å². The van der Waals surface area contributed by atoms with Gasteiger partial charge in [-0.05, 0) is 32.1 Å². The van der Waals surface area contributed by atoms with Gasteiger partial charge in [-0.1, -0.05) is 6.07 Å². The van der Waals surface area contributed by atoms with Gasteiger partial charge in [0.25, 0.3) is 0 Å². The molecule has 0 saturated carbocycles. The SMILES string of the molecule is Cc1nc2cccc(C)n2c1/C=C/C(=O)O. The van der Waals surface area contributed by atoms with Crippen LogP contribution in [-0.4, -0.2) is 20.5 Å². The number of rotatable bonds is 2. The molecular formula is C12H12N2O2. The first-order chi connectivity index (χ1) is 7.59. The lowest BCUT2D eigenvalue weighted by Crippen LogP contribution is -1.94. The van der Waals surface area contributed by atoms with Crippen LogP contribution in [-0.2, 0) is 4.79 Å². The highest BCUT2D eigenvalue weighted by Crippen LogP contribution is 2.15. The average Bonchev–Trinajstić information content (AvgIpc) is 2.52. The van der Waals surface area contributed by atoms with E-state index in [-0.39, 0.29) is 0 Å². The summed E-state index contributed by atoms with van der Waals surface area (Å²) in [5.41, 5.74) is 3.51. The summed E-state index contributed by atoms with van der Waals surface area (Å²) in [5.74, 6) is -0.956. The van der Waals surface area contributed by atoms with Gasteiger partial charge in [-0.25, -0.2) is 9.78 Å². The molecule has 0 unspecified atom stereocenters. The minimum absolute atomic E-state index is 0.815. The van der Waals surface area contributed by atoms with Crippen LogP contribution in [0, 0.1) is 13.8 Å². The lowest BCUT2D eigenvalue weighted by molar-refractivity contribution is -0.131. The largest absolute Gasteiger partial charge is 0.478 e. The van der Waals surface area contributed by atoms with Gasteiger partial charge in [-0.3, -0.25) is 4.40 Å². The topological polar surface area (TPSA) is 54.6 Å². The van der Waals surface area contributed by atoms with E-state index in [1.807, 2.05) is 36.4 Å². The molecule has 0 fully saturated rings. The fraction of sp³-hybridized carbons (Fsp3) is 0.167. The number of aliphatic carboxylic acids is 1. The second kappa shape index (κ2) is 3.81. The molecule has 0 bridgehead atoms.